The Kier molecular flexibility index (Phi) is 2.90. The van der Waals surface area contributed by atoms with Crippen molar-refractivity contribution in [1.82, 2.24) is 9.97 Å². The minimum absolute atomic E-state index is 0.107. The van der Waals surface area contributed by atoms with Crippen LogP contribution in [0.2, 0.25) is 0 Å². The second kappa shape index (κ2) is 4.34. The molecule has 0 aromatic carbocycles. The third-order valence-corrected chi connectivity index (χ3v) is 2.13. The van der Waals surface area contributed by atoms with Crippen molar-refractivity contribution in [3.63, 3.8) is 0 Å². The highest BCUT2D eigenvalue weighted by molar-refractivity contribution is 5.21. The minimum Gasteiger partial charge on any atom is -0.471 e. The van der Waals surface area contributed by atoms with Gasteiger partial charge in [0, 0.05) is 24.7 Å². The highest BCUT2D eigenvalue weighted by Crippen LogP contribution is 2.17. The lowest BCUT2D eigenvalue weighted by atomic mass is 10.3. The van der Waals surface area contributed by atoms with Crippen molar-refractivity contribution in [2.75, 3.05) is 13.2 Å². The van der Waals surface area contributed by atoms with Gasteiger partial charge in [-0.25, -0.2) is 9.97 Å². The van der Waals surface area contributed by atoms with Crippen molar-refractivity contribution in [3.8, 4) is 5.88 Å². The summed E-state index contributed by atoms with van der Waals surface area (Å²) in [4.78, 5) is 7.93. The van der Waals surface area contributed by atoms with Crippen LogP contribution in [0.4, 0.5) is 0 Å². The average Bonchev–Trinajstić information content (AvgIpc) is 2.71. The summed E-state index contributed by atoms with van der Waals surface area (Å²) in [5, 5.41) is 0. The number of rotatable bonds is 3. The van der Waals surface area contributed by atoms with E-state index in [0.29, 0.717) is 19.0 Å². The average molecular weight is 195 g/mol. The summed E-state index contributed by atoms with van der Waals surface area (Å²) < 4.78 is 10.8. The standard InChI is InChI=1S/C9H13N3O2/c10-3-7-4-11-6-12-9(7)14-8-1-2-13-5-8/h4,6,8H,1-3,5,10H2. The third-order valence-electron chi connectivity index (χ3n) is 2.13. The van der Waals surface area contributed by atoms with Crippen molar-refractivity contribution >= 4 is 0 Å². The van der Waals surface area contributed by atoms with Crippen LogP contribution >= 0.6 is 0 Å². The van der Waals surface area contributed by atoms with Crippen LogP contribution in [0, 0.1) is 0 Å². The SMILES string of the molecule is NCc1cncnc1OC1CCOC1. The van der Waals surface area contributed by atoms with E-state index in [9.17, 15) is 0 Å². The Hall–Kier alpha value is -1.20. The molecule has 2 heterocycles. The molecule has 1 aromatic heterocycles. The predicted molar refractivity (Wildman–Crippen MR) is 49.8 cm³/mol. The van der Waals surface area contributed by atoms with Gasteiger partial charge in [0.05, 0.1) is 13.2 Å². The Morgan fingerprint density at radius 2 is 2.57 bits per heavy atom. The van der Waals surface area contributed by atoms with Crippen LogP contribution in [0.15, 0.2) is 12.5 Å². The maximum atomic E-state index is 5.64. The highest BCUT2D eigenvalue weighted by Gasteiger charge is 2.18. The smallest absolute Gasteiger partial charge is 0.221 e. The van der Waals surface area contributed by atoms with Crippen molar-refractivity contribution in [2.45, 2.75) is 19.1 Å². The van der Waals surface area contributed by atoms with Gasteiger partial charge in [0.25, 0.3) is 0 Å². The molecule has 2 rings (SSSR count). The molecule has 5 heteroatoms. The van der Waals surface area contributed by atoms with E-state index in [1.54, 1.807) is 6.20 Å². The van der Waals surface area contributed by atoms with Gasteiger partial charge in [-0.1, -0.05) is 0 Å². The highest BCUT2D eigenvalue weighted by atomic mass is 16.5. The summed E-state index contributed by atoms with van der Waals surface area (Å²) in [5.74, 6) is 0.581. The lowest BCUT2D eigenvalue weighted by Crippen LogP contribution is -2.18. The summed E-state index contributed by atoms with van der Waals surface area (Å²) in [6, 6.07) is 0. The summed E-state index contributed by atoms with van der Waals surface area (Å²) in [6.07, 6.45) is 4.16. The molecule has 1 atom stereocenters. The first kappa shape index (κ1) is 9.36. The summed E-state index contributed by atoms with van der Waals surface area (Å²) >= 11 is 0. The van der Waals surface area contributed by atoms with E-state index < -0.39 is 0 Å². The lowest BCUT2D eigenvalue weighted by molar-refractivity contribution is 0.137. The summed E-state index contributed by atoms with van der Waals surface area (Å²) in [7, 11) is 0. The Morgan fingerprint density at radius 3 is 3.29 bits per heavy atom. The molecule has 76 valence electrons. The van der Waals surface area contributed by atoms with Crippen molar-refractivity contribution < 1.29 is 9.47 Å². The molecule has 1 aromatic rings. The van der Waals surface area contributed by atoms with E-state index >= 15 is 0 Å². The van der Waals surface area contributed by atoms with E-state index in [1.165, 1.54) is 6.33 Å². The fraction of sp³-hybridized carbons (Fsp3) is 0.556. The van der Waals surface area contributed by atoms with Crippen molar-refractivity contribution in [2.24, 2.45) is 5.73 Å². The van der Waals surface area contributed by atoms with Gasteiger partial charge < -0.3 is 15.2 Å². The molecule has 1 saturated heterocycles. The number of hydrogen-bond donors (Lipinski definition) is 1. The molecule has 2 N–H and O–H groups in total. The van der Waals surface area contributed by atoms with Gasteiger partial charge in [-0.3, -0.25) is 0 Å². The van der Waals surface area contributed by atoms with Gasteiger partial charge >= 0.3 is 0 Å². The van der Waals surface area contributed by atoms with Gasteiger partial charge in [0.15, 0.2) is 0 Å². The minimum atomic E-state index is 0.107. The Morgan fingerprint density at radius 1 is 1.64 bits per heavy atom. The molecular weight excluding hydrogens is 182 g/mol. The maximum Gasteiger partial charge on any atom is 0.221 e. The molecule has 0 bridgehead atoms. The molecule has 0 aliphatic carbocycles. The molecule has 14 heavy (non-hydrogen) atoms. The van der Waals surface area contributed by atoms with Gasteiger partial charge in [-0.2, -0.15) is 0 Å². The predicted octanol–water partition coefficient (Wildman–Crippen LogP) is 0.103. The van der Waals surface area contributed by atoms with Gasteiger partial charge in [0.1, 0.15) is 12.4 Å². The maximum absolute atomic E-state index is 5.64. The molecule has 0 radical (unpaired) electrons. The fourth-order valence-electron chi connectivity index (χ4n) is 1.36. The van der Waals surface area contributed by atoms with Gasteiger partial charge in [0.2, 0.25) is 5.88 Å². The van der Waals surface area contributed by atoms with Crippen LogP contribution < -0.4 is 10.5 Å². The van der Waals surface area contributed by atoms with Crippen LogP contribution in [0.25, 0.3) is 0 Å². The zero-order valence-corrected chi connectivity index (χ0v) is 7.85. The normalized spacial score (nSPS) is 21.1. The zero-order valence-electron chi connectivity index (χ0n) is 7.85. The Labute approximate surface area is 82.3 Å². The molecule has 1 aliphatic heterocycles. The van der Waals surface area contributed by atoms with E-state index in [1.807, 2.05) is 0 Å². The van der Waals surface area contributed by atoms with Crippen LogP contribution in [-0.2, 0) is 11.3 Å². The first-order valence-corrected chi connectivity index (χ1v) is 4.63. The summed E-state index contributed by atoms with van der Waals surface area (Å²) in [6.45, 7) is 1.78. The van der Waals surface area contributed by atoms with Crippen LogP contribution in [0.3, 0.4) is 0 Å². The molecule has 0 saturated carbocycles. The molecular formula is C9H13N3O2. The Balaban J connectivity index is 2.07. The largest absolute Gasteiger partial charge is 0.471 e. The third kappa shape index (κ3) is 2.00. The first-order chi connectivity index (χ1) is 6.90. The quantitative estimate of drug-likeness (QED) is 0.740. The molecule has 1 aliphatic rings. The number of aromatic nitrogens is 2. The van der Waals surface area contributed by atoms with Crippen LogP contribution in [-0.4, -0.2) is 29.3 Å². The topological polar surface area (TPSA) is 70.3 Å². The Bertz CT molecular complexity index is 300. The molecule has 0 spiro atoms. The zero-order chi connectivity index (χ0) is 9.80. The van der Waals surface area contributed by atoms with Crippen LogP contribution in [0.1, 0.15) is 12.0 Å². The van der Waals surface area contributed by atoms with E-state index in [-0.39, 0.29) is 6.10 Å². The molecule has 1 fully saturated rings. The lowest BCUT2D eigenvalue weighted by Gasteiger charge is -2.12. The molecule has 1 unspecified atom stereocenters. The second-order valence-electron chi connectivity index (χ2n) is 3.16. The van der Waals surface area contributed by atoms with Gasteiger partial charge in [-0.05, 0) is 0 Å². The first-order valence-electron chi connectivity index (χ1n) is 4.63. The second-order valence-corrected chi connectivity index (χ2v) is 3.16. The number of nitrogens with two attached hydrogens (primary N) is 1. The summed E-state index contributed by atoms with van der Waals surface area (Å²) in [5.41, 5.74) is 6.37. The number of ether oxygens (including phenoxy) is 2. The van der Waals surface area contributed by atoms with E-state index in [2.05, 4.69) is 9.97 Å². The molecule has 0 amide bonds. The number of hydrogen-bond acceptors (Lipinski definition) is 5. The van der Waals surface area contributed by atoms with Crippen LogP contribution in [0.5, 0.6) is 5.88 Å². The van der Waals surface area contributed by atoms with E-state index in [4.69, 9.17) is 15.2 Å². The van der Waals surface area contributed by atoms with Gasteiger partial charge in [-0.15, -0.1) is 0 Å². The van der Waals surface area contributed by atoms with Crippen molar-refractivity contribution in [3.05, 3.63) is 18.1 Å². The van der Waals surface area contributed by atoms with E-state index in [0.717, 1.165) is 18.6 Å². The monoisotopic (exact) mass is 195 g/mol. The molecule has 5 nitrogen and oxygen atoms in total. The fourth-order valence-corrected chi connectivity index (χ4v) is 1.36. The number of nitrogens with zero attached hydrogens (tertiary/aromatic N) is 2. The van der Waals surface area contributed by atoms with Crippen molar-refractivity contribution in [1.29, 1.82) is 0 Å².